The molecule has 0 atom stereocenters. The molecule has 0 aliphatic heterocycles. The van der Waals surface area contributed by atoms with Gasteiger partial charge in [-0.05, 0) is 44.9 Å². The molecule has 0 saturated heterocycles. The van der Waals surface area contributed by atoms with Crippen molar-refractivity contribution in [3.8, 4) is 11.5 Å². The molecule has 2 heterocycles. The van der Waals surface area contributed by atoms with Gasteiger partial charge in [-0.25, -0.2) is 9.97 Å². The zero-order chi connectivity index (χ0) is 15.0. The Balaban J connectivity index is 2.01. The molecule has 0 aliphatic carbocycles. The Morgan fingerprint density at radius 1 is 1.29 bits per heavy atom. The van der Waals surface area contributed by atoms with Crippen LogP contribution in [0, 0.1) is 6.92 Å². The van der Waals surface area contributed by atoms with E-state index < -0.39 is 0 Å². The van der Waals surface area contributed by atoms with E-state index in [1.165, 1.54) is 5.56 Å². The fourth-order valence-corrected chi connectivity index (χ4v) is 2.22. The summed E-state index contributed by atoms with van der Waals surface area (Å²) < 4.78 is 0. The number of benzene rings is 1. The molecule has 3 aromatic rings. The van der Waals surface area contributed by atoms with Crippen molar-refractivity contribution >= 4 is 16.9 Å². The molecule has 0 fully saturated rings. The molecule has 3 N–H and O–H groups in total. The van der Waals surface area contributed by atoms with Gasteiger partial charge >= 0.3 is 0 Å². The van der Waals surface area contributed by atoms with Gasteiger partial charge in [0.2, 0.25) is 0 Å². The van der Waals surface area contributed by atoms with Gasteiger partial charge in [-0.3, -0.25) is 0 Å². The third-order valence-electron chi connectivity index (χ3n) is 3.85. The first kappa shape index (κ1) is 13.7. The van der Waals surface area contributed by atoms with Gasteiger partial charge in [0.25, 0.3) is 0 Å². The van der Waals surface area contributed by atoms with Gasteiger partial charge in [-0.15, -0.1) is 0 Å². The Bertz CT molecular complexity index is 766. The van der Waals surface area contributed by atoms with Crippen molar-refractivity contribution in [3.05, 3.63) is 30.1 Å². The van der Waals surface area contributed by atoms with Gasteiger partial charge < -0.3 is 15.3 Å². The summed E-state index contributed by atoms with van der Waals surface area (Å²) in [7, 11) is 0. The normalized spacial score (nSPS) is 12.0. The molecule has 110 valence electrons. The summed E-state index contributed by atoms with van der Waals surface area (Å²) in [6.45, 7) is 8.55. The third-order valence-corrected chi connectivity index (χ3v) is 3.85. The lowest BCUT2D eigenvalue weighted by Crippen LogP contribution is -2.30. The van der Waals surface area contributed by atoms with Crippen LogP contribution in [0.5, 0.6) is 0 Å². The maximum absolute atomic E-state index is 4.65. The van der Waals surface area contributed by atoms with Gasteiger partial charge in [-0.2, -0.15) is 0 Å². The minimum Gasteiger partial charge on any atom is -0.363 e. The highest BCUT2D eigenvalue weighted by molar-refractivity contribution is 5.81. The minimum absolute atomic E-state index is 0.00739. The first-order valence-electron chi connectivity index (χ1n) is 7.27. The van der Waals surface area contributed by atoms with Crippen LogP contribution in [-0.2, 0) is 0 Å². The molecule has 21 heavy (non-hydrogen) atoms. The number of fused-ring (bicyclic) bond motifs is 1. The Morgan fingerprint density at radius 2 is 2.10 bits per heavy atom. The average molecular weight is 283 g/mol. The largest absolute Gasteiger partial charge is 0.363 e. The van der Waals surface area contributed by atoms with E-state index in [0.29, 0.717) is 0 Å². The second-order valence-corrected chi connectivity index (χ2v) is 6.09. The Labute approximate surface area is 124 Å². The SMILES string of the molecule is CCC(C)(C)Nc1nc[nH]c1-c1nc2ccc(C)cc2[nH]1. The second-order valence-electron chi connectivity index (χ2n) is 6.09. The van der Waals surface area contributed by atoms with E-state index in [0.717, 1.165) is 34.8 Å². The van der Waals surface area contributed by atoms with E-state index in [-0.39, 0.29) is 5.54 Å². The monoisotopic (exact) mass is 283 g/mol. The minimum atomic E-state index is -0.00739. The number of hydrogen-bond acceptors (Lipinski definition) is 3. The van der Waals surface area contributed by atoms with Gasteiger partial charge in [-0.1, -0.05) is 13.0 Å². The van der Waals surface area contributed by atoms with E-state index >= 15 is 0 Å². The number of imidazole rings is 2. The quantitative estimate of drug-likeness (QED) is 0.681. The summed E-state index contributed by atoms with van der Waals surface area (Å²) in [5.41, 5.74) is 4.11. The van der Waals surface area contributed by atoms with Gasteiger partial charge in [0, 0.05) is 5.54 Å². The van der Waals surface area contributed by atoms with Crippen LogP contribution in [0.2, 0.25) is 0 Å². The summed E-state index contributed by atoms with van der Waals surface area (Å²) in [5, 5.41) is 3.47. The fraction of sp³-hybridized carbons (Fsp3) is 0.375. The van der Waals surface area contributed by atoms with E-state index in [2.05, 4.69) is 65.1 Å². The Kier molecular flexibility index (Phi) is 3.20. The molecule has 0 bridgehead atoms. The van der Waals surface area contributed by atoms with Crippen molar-refractivity contribution in [1.29, 1.82) is 0 Å². The molecule has 0 spiro atoms. The molecule has 5 nitrogen and oxygen atoms in total. The number of H-pyrrole nitrogens is 2. The zero-order valence-corrected chi connectivity index (χ0v) is 12.9. The maximum Gasteiger partial charge on any atom is 0.158 e. The molecule has 0 aliphatic rings. The molecule has 0 saturated carbocycles. The van der Waals surface area contributed by atoms with Crippen LogP contribution < -0.4 is 5.32 Å². The molecule has 5 heteroatoms. The van der Waals surface area contributed by atoms with E-state index in [1.54, 1.807) is 6.33 Å². The van der Waals surface area contributed by atoms with Gasteiger partial charge in [0.1, 0.15) is 5.69 Å². The van der Waals surface area contributed by atoms with Crippen LogP contribution in [0.25, 0.3) is 22.6 Å². The fourth-order valence-electron chi connectivity index (χ4n) is 2.22. The smallest absolute Gasteiger partial charge is 0.158 e. The highest BCUT2D eigenvalue weighted by Crippen LogP contribution is 2.27. The maximum atomic E-state index is 4.65. The van der Waals surface area contributed by atoms with Crippen molar-refractivity contribution in [1.82, 2.24) is 19.9 Å². The standard InChI is InChI=1S/C16H21N5/c1-5-16(3,4)21-14-13(17-9-18-14)15-19-11-7-6-10(2)8-12(11)20-15/h6-9,21H,5H2,1-4H3,(H,17,18)(H,19,20). The zero-order valence-electron chi connectivity index (χ0n) is 12.9. The topological polar surface area (TPSA) is 69.4 Å². The molecule has 2 aromatic heterocycles. The second kappa shape index (κ2) is 4.91. The van der Waals surface area contributed by atoms with Crippen molar-refractivity contribution in [2.75, 3.05) is 5.32 Å². The Morgan fingerprint density at radius 3 is 2.86 bits per heavy atom. The first-order chi connectivity index (χ1) is 9.98. The number of rotatable bonds is 4. The third kappa shape index (κ3) is 2.63. The summed E-state index contributed by atoms with van der Waals surface area (Å²) in [6, 6.07) is 6.20. The van der Waals surface area contributed by atoms with Crippen LogP contribution >= 0.6 is 0 Å². The molecule has 1 aromatic carbocycles. The van der Waals surface area contributed by atoms with Crippen molar-refractivity contribution in [2.24, 2.45) is 0 Å². The van der Waals surface area contributed by atoms with Crippen LogP contribution in [0.1, 0.15) is 32.8 Å². The molecular weight excluding hydrogens is 262 g/mol. The Hall–Kier alpha value is -2.30. The lowest BCUT2D eigenvalue weighted by Gasteiger charge is -2.24. The summed E-state index contributed by atoms with van der Waals surface area (Å²) in [4.78, 5) is 15.6. The van der Waals surface area contributed by atoms with Crippen LogP contribution in [-0.4, -0.2) is 25.5 Å². The van der Waals surface area contributed by atoms with Crippen LogP contribution in [0.4, 0.5) is 5.82 Å². The number of nitrogens with zero attached hydrogens (tertiary/aromatic N) is 2. The number of hydrogen-bond donors (Lipinski definition) is 3. The molecule has 0 unspecified atom stereocenters. The summed E-state index contributed by atoms with van der Waals surface area (Å²) >= 11 is 0. The van der Waals surface area contributed by atoms with Gasteiger partial charge in [0.15, 0.2) is 11.6 Å². The molecule has 3 rings (SSSR count). The predicted octanol–water partition coefficient (Wildman–Crippen LogP) is 3.86. The summed E-state index contributed by atoms with van der Waals surface area (Å²) in [5.74, 6) is 1.64. The highest BCUT2D eigenvalue weighted by Gasteiger charge is 2.20. The van der Waals surface area contributed by atoms with Crippen molar-refractivity contribution < 1.29 is 0 Å². The lowest BCUT2D eigenvalue weighted by molar-refractivity contribution is 0.545. The van der Waals surface area contributed by atoms with Crippen LogP contribution in [0.3, 0.4) is 0 Å². The first-order valence-corrected chi connectivity index (χ1v) is 7.27. The molecular formula is C16H21N5. The molecule has 0 amide bonds. The highest BCUT2D eigenvalue weighted by atomic mass is 15.1. The van der Waals surface area contributed by atoms with E-state index in [1.807, 2.05) is 6.07 Å². The number of aromatic amines is 2. The number of anilines is 1. The predicted molar refractivity (Wildman–Crippen MR) is 86.4 cm³/mol. The van der Waals surface area contributed by atoms with Crippen LogP contribution in [0.15, 0.2) is 24.5 Å². The number of aryl methyl sites for hydroxylation is 1. The van der Waals surface area contributed by atoms with E-state index in [4.69, 9.17) is 0 Å². The lowest BCUT2D eigenvalue weighted by atomic mass is 10.0. The van der Waals surface area contributed by atoms with E-state index in [9.17, 15) is 0 Å². The average Bonchev–Trinajstić information content (AvgIpc) is 3.03. The van der Waals surface area contributed by atoms with Crippen molar-refractivity contribution in [2.45, 2.75) is 39.7 Å². The number of nitrogens with one attached hydrogen (secondary N) is 3. The van der Waals surface area contributed by atoms with Crippen molar-refractivity contribution in [3.63, 3.8) is 0 Å². The van der Waals surface area contributed by atoms with Gasteiger partial charge in [0.05, 0.1) is 17.4 Å². The number of aromatic nitrogens is 4. The summed E-state index contributed by atoms with van der Waals surface area (Å²) in [6.07, 6.45) is 2.71. The molecule has 0 radical (unpaired) electrons.